The number of amides is 4. The van der Waals surface area contributed by atoms with Gasteiger partial charge in [-0.05, 0) is 31.2 Å². The van der Waals surface area contributed by atoms with Gasteiger partial charge in [0.05, 0.1) is 12.8 Å². The first kappa shape index (κ1) is 21.0. The zero-order valence-corrected chi connectivity index (χ0v) is 17.2. The van der Waals surface area contributed by atoms with Gasteiger partial charge in [0.2, 0.25) is 5.91 Å². The second-order valence-electron chi connectivity index (χ2n) is 7.22. The van der Waals surface area contributed by atoms with Gasteiger partial charge < -0.3 is 15.4 Å². The van der Waals surface area contributed by atoms with Gasteiger partial charge in [-0.25, -0.2) is 14.2 Å². The maximum Gasteiger partial charge on any atom is 0.325 e. The summed E-state index contributed by atoms with van der Waals surface area (Å²) < 4.78 is 19.5. The van der Waals surface area contributed by atoms with Gasteiger partial charge in [-0.2, -0.15) is 5.10 Å². The van der Waals surface area contributed by atoms with E-state index < -0.39 is 35.7 Å². The number of imide groups is 1. The maximum absolute atomic E-state index is 14.2. The summed E-state index contributed by atoms with van der Waals surface area (Å²) in [5.41, 5.74) is -0.586. The Hall–Kier alpha value is -4.28. The third-order valence-corrected chi connectivity index (χ3v) is 5.15. The number of carbonyl (C=O) groups excluding carboxylic acids is 3. The highest BCUT2D eigenvalue weighted by molar-refractivity contribution is 6.10. The number of aromatic amines is 1. The summed E-state index contributed by atoms with van der Waals surface area (Å²) in [7, 11) is 1.45. The molecule has 1 aromatic heterocycles. The second-order valence-corrected chi connectivity index (χ2v) is 7.22. The summed E-state index contributed by atoms with van der Waals surface area (Å²) in [5.74, 6) is -1.24. The van der Waals surface area contributed by atoms with E-state index in [4.69, 9.17) is 4.74 Å². The second kappa shape index (κ2) is 8.10. The molecule has 0 bridgehead atoms. The summed E-state index contributed by atoms with van der Waals surface area (Å²) in [6, 6.07) is 10.0. The Morgan fingerprint density at radius 3 is 2.75 bits per heavy atom. The molecule has 1 aliphatic rings. The molecule has 1 atom stereocenters. The summed E-state index contributed by atoms with van der Waals surface area (Å²) in [6.07, 6.45) is 1.30. The number of urea groups is 1. The average Bonchev–Trinajstić information content (AvgIpc) is 3.39. The van der Waals surface area contributed by atoms with Crippen molar-refractivity contribution >= 4 is 23.5 Å². The Kier molecular flexibility index (Phi) is 5.31. The SMILES string of the molecule is COc1ccccc1C1(C)NC(=O)N(CC(=O)Nc2cc(-c3ncn[nH]3)ccc2F)C1=O. The number of para-hydroxylation sites is 1. The van der Waals surface area contributed by atoms with Crippen LogP contribution in [0, 0.1) is 5.82 Å². The first-order valence-corrected chi connectivity index (χ1v) is 9.56. The molecule has 0 aliphatic carbocycles. The highest BCUT2D eigenvalue weighted by atomic mass is 19.1. The number of halogens is 1. The van der Waals surface area contributed by atoms with E-state index in [2.05, 4.69) is 25.8 Å². The van der Waals surface area contributed by atoms with E-state index in [1.807, 2.05) is 0 Å². The maximum atomic E-state index is 14.2. The molecule has 0 saturated carbocycles. The average molecular weight is 438 g/mol. The highest BCUT2D eigenvalue weighted by Crippen LogP contribution is 2.34. The van der Waals surface area contributed by atoms with Crippen LogP contribution in [0.3, 0.4) is 0 Å². The molecule has 3 aromatic rings. The Morgan fingerprint density at radius 2 is 2.03 bits per heavy atom. The van der Waals surface area contributed by atoms with Gasteiger partial charge in [0.15, 0.2) is 5.82 Å². The molecule has 2 aromatic carbocycles. The molecule has 11 heteroatoms. The third kappa shape index (κ3) is 3.64. The fourth-order valence-electron chi connectivity index (χ4n) is 3.53. The molecule has 10 nitrogen and oxygen atoms in total. The molecule has 32 heavy (non-hydrogen) atoms. The normalized spacial score (nSPS) is 17.9. The monoisotopic (exact) mass is 438 g/mol. The molecule has 1 saturated heterocycles. The minimum Gasteiger partial charge on any atom is -0.496 e. The molecule has 4 amide bonds. The smallest absolute Gasteiger partial charge is 0.325 e. The Balaban J connectivity index is 1.52. The van der Waals surface area contributed by atoms with E-state index in [0.717, 1.165) is 4.90 Å². The zero-order chi connectivity index (χ0) is 22.9. The molecular weight excluding hydrogens is 419 g/mol. The number of rotatable bonds is 6. The summed E-state index contributed by atoms with van der Waals surface area (Å²) in [4.78, 5) is 42.9. The Bertz CT molecular complexity index is 1200. The third-order valence-electron chi connectivity index (χ3n) is 5.15. The number of aromatic nitrogens is 3. The fraction of sp³-hybridized carbons (Fsp3) is 0.190. The largest absolute Gasteiger partial charge is 0.496 e. The van der Waals surface area contributed by atoms with Gasteiger partial charge in [0.25, 0.3) is 5.91 Å². The van der Waals surface area contributed by atoms with E-state index in [-0.39, 0.29) is 5.69 Å². The minimum atomic E-state index is -1.42. The van der Waals surface area contributed by atoms with Crippen LogP contribution in [0.5, 0.6) is 5.75 Å². The van der Waals surface area contributed by atoms with Gasteiger partial charge in [-0.15, -0.1) is 0 Å². The summed E-state index contributed by atoms with van der Waals surface area (Å²) >= 11 is 0. The molecule has 4 rings (SSSR count). The van der Waals surface area contributed by atoms with Crippen molar-refractivity contribution in [3.63, 3.8) is 0 Å². The predicted molar refractivity (Wildman–Crippen MR) is 111 cm³/mol. The Morgan fingerprint density at radius 1 is 1.25 bits per heavy atom. The van der Waals surface area contributed by atoms with Crippen LogP contribution >= 0.6 is 0 Å². The van der Waals surface area contributed by atoms with Gasteiger partial charge in [0, 0.05) is 11.1 Å². The molecule has 3 N–H and O–H groups in total. The number of nitrogens with zero attached hydrogens (tertiary/aromatic N) is 3. The van der Waals surface area contributed by atoms with E-state index in [1.54, 1.807) is 24.3 Å². The van der Waals surface area contributed by atoms with Crippen LogP contribution in [0.1, 0.15) is 12.5 Å². The number of H-pyrrole nitrogens is 1. The first-order chi connectivity index (χ1) is 15.3. The van der Waals surface area contributed by atoms with Crippen LogP contribution in [0.2, 0.25) is 0 Å². The number of carbonyl (C=O) groups is 3. The van der Waals surface area contributed by atoms with Crippen LogP contribution in [-0.4, -0.2) is 51.6 Å². The van der Waals surface area contributed by atoms with Gasteiger partial charge in [-0.3, -0.25) is 19.6 Å². The molecule has 1 aliphatic heterocycles. The molecule has 1 fully saturated rings. The number of hydrogen-bond acceptors (Lipinski definition) is 6. The van der Waals surface area contributed by atoms with Crippen molar-refractivity contribution in [2.24, 2.45) is 0 Å². The van der Waals surface area contributed by atoms with E-state index in [9.17, 15) is 18.8 Å². The highest BCUT2D eigenvalue weighted by Gasteiger charge is 2.50. The van der Waals surface area contributed by atoms with Crippen molar-refractivity contribution in [2.45, 2.75) is 12.5 Å². The van der Waals surface area contributed by atoms with Crippen LogP contribution in [0.25, 0.3) is 11.4 Å². The lowest BCUT2D eigenvalue weighted by molar-refractivity contribution is -0.133. The zero-order valence-electron chi connectivity index (χ0n) is 17.2. The topological polar surface area (TPSA) is 129 Å². The number of benzene rings is 2. The van der Waals surface area contributed by atoms with Crippen LogP contribution in [-0.2, 0) is 15.1 Å². The van der Waals surface area contributed by atoms with Crippen LogP contribution in [0.4, 0.5) is 14.9 Å². The molecule has 164 valence electrons. The van der Waals surface area contributed by atoms with Crippen molar-refractivity contribution in [1.29, 1.82) is 0 Å². The summed E-state index contributed by atoms with van der Waals surface area (Å²) in [5, 5.41) is 11.4. The van der Waals surface area contributed by atoms with E-state index in [1.165, 1.54) is 38.6 Å². The fourth-order valence-corrected chi connectivity index (χ4v) is 3.53. The number of ether oxygens (including phenoxy) is 1. The lowest BCUT2D eigenvalue weighted by atomic mass is 9.91. The van der Waals surface area contributed by atoms with Crippen molar-refractivity contribution < 1.29 is 23.5 Å². The quantitative estimate of drug-likeness (QED) is 0.505. The number of methoxy groups -OCH3 is 1. The predicted octanol–water partition coefficient (Wildman–Crippen LogP) is 2.03. The van der Waals surface area contributed by atoms with Crippen molar-refractivity contribution in [3.05, 3.63) is 60.2 Å². The van der Waals surface area contributed by atoms with Gasteiger partial charge >= 0.3 is 6.03 Å². The Labute approximate surface area is 181 Å². The molecule has 2 heterocycles. The number of hydrogen-bond donors (Lipinski definition) is 3. The number of nitrogens with one attached hydrogen (secondary N) is 3. The standard InChI is InChI=1S/C21H19FN6O4/c1-21(13-5-3-4-6-16(13)32-2)19(30)28(20(31)26-21)10-17(29)25-15-9-12(7-8-14(15)22)18-23-11-24-27-18/h3-9,11H,10H2,1-2H3,(H,25,29)(H,26,31)(H,23,24,27). The minimum absolute atomic E-state index is 0.122. The lowest BCUT2D eigenvalue weighted by Gasteiger charge is -2.24. The molecule has 1 unspecified atom stereocenters. The van der Waals surface area contributed by atoms with E-state index >= 15 is 0 Å². The summed E-state index contributed by atoms with van der Waals surface area (Å²) in [6.45, 7) is 0.935. The van der Waals surface area contributed by atoms with E-state index in [0.29, 0.717) is 22.7 Å². The van der Waals surface area contributed by atoms with Crippen LogP contribution < -0.4 is 15.4 Å². The van der Waals surface area contributed by atoms with Gasteiger partial charge in [0.1, 0.15) is 30.0 Å². The first-order valence-electron chi connectivity index (χ1n) is 9.56. The molecular formula is C21H19FN6O4. The van der Waals surface area contributed by atoms with Crippen LogP contribution in [0.15, 0.2) is 48.8 Å². The van der Waals surface area contributed by atoms with Gasteiger partial charge in [-0.1, -0.05) is 18.2 Å². The van der Waals surface area contributed by atoms with Crippen molar-refractivity contribution in [1.82, 2.24) is 25.4 Å². The molecule has 0 spiro atoms. The van der Waals surface area contributed by atoms with Crippen molar-refractivity contribution in [2.75, 3.05) is 19.0 Å². The van der Waals surface area contributed by atoms with Crippen molar-refractivity contribution in [3.8, 4) is 17.1 Å². The molecule has 0 radical (unpaired) electrons. The number of anilines is 1. The lowest BCUT2D eigenvalue weighted by Crippen LogP contribution is -2.42.